The third-order valence-electron chi connectivity index (χ3n) is 6.45. The summed E-state index contributed by atoms with van der Waals surface area (Å²) in [4.78, 5) is 29.8. The van der Waals surface area contributed by atoms with Crippen LogP contribution in [0.5, 0.6) is 0 Å². The van der Waals surface area contributed by atoms with E-state index in [1.807, 2.05) is 48.8 Å². The molecule has 0 bridgehead atoms. The summed E-state index contributed by atoms with van der Waals surface area (Å²) >= 11 is 1.40. The van der Waals surface area contributed by atoms with Crippen LogP contribution in [-0.2, 0) is 6.42 Å². The van der Waals surface area contributed by atoms with Gasteiger partial charge in [-0.15, -0.1) is 11.3 Å². The van der Waals surface area contributed by atoms with E-state index in [1.165, 1.54) is 16.2 Å². The number of amides is 2. The lowest BCUT2D eigenvalue weighted by atomic mass is 9.84. The van der Waals surface area contributed by atoms with Crippen molar-refractivity contribution in [3.63, 3.8) is 0 Å². The number of hydrogen-bond acceptors (Lipinski definition) is 3. The standard InChI is InChI=1S/C26H25F3N2O2S/c1-30(26(33)24-8-5-13-34-24)23(14-17-6-3-2-4-7-17)18-9-11-31(12-10-18)25(32)19-15-21(28)22(29)16-20(19)27/h2-8,13,15-16,18,23H,9-12,14H2,1H3. The van der Waals surface area contributed by atoms with Crippen LogP contribution in [0.3, 0.4) is 0 Å². The summed E-state index contributed by atoms with van der Waals surface area (Å²) in [6.07, 6.45) is 1.89. The fraction of sp³-hybridized carbons (Fsp3) is 0.308. The third kappa shape index (κ3) is 5.17. The number of hydrogen-bond donors (Lipinski definition) is 0. The normalized spacial score (nSPS) is 15.2. The molecule has 178 valence electrons. The monoisotopic (exact) mass is 486 g/mol. The Morgan fingerprint density at radius 1 is 1.00 bits per heavy atom. The summed E-state index contributed by atoms with van der Waals surface area (Å²) < 4.78 is 41.0. The largest absolute Gasteiger partial charge is 0.339 e. The average molecular weight is 487 g/mol. The highest BCUT2D eigenvalue weighted by atomic mass is 32.1. The second kappa shape index (κ2) is 10.4. The van der Waals surface area contributed by atoms with Crippen molar-refractivity contribution in [2.75, 3.05) is 20.1 Å². The number of piperidine rings is 1. The molecule has 1 aliphatic rings. The third-order valence-corrected chi connectivity index (χ3v) is 7.31. The lowest BCUT2D eigenvalue weighted by molar-refractivity contribution is 0.0522. The molecule has 4 rings (SSSR count). The molecule has 0 aliphatic carbocycles. The van der Waals surface area contributed by atoms with Gasteiger partial charge in [-0.2, -0.15) is 0 Å². The summed E-state index contributed by atoms with van der Waals surface area (Å²) in [6.45, 7) is 0.683. The van der Waals surface area contributed by atoms with Gasteiger partial charge in [-0.05, 0) is 48.3 Å². The number of benzene rings is 2. The van der Waals surface area contributed by atoms with Crippen molar-refractivity contribution in [3.05, 3.63) is 93.4 Å². The number of likely N-dealkylation sites (tertiary alicyclic amines) is 1. The van der Waals surface area contributed by atoms with Crippen LogP contribution < -0.4 is 0 Å². The molecule has 3 aromatic rings. The first-order valence-electron chi connectivity index (χ1n) is 11.1. The van der Waals surface area contributed by atoms with Gasteiger partial charge in [0.2, 0.25) is 0 Å². The minimum absolute atomic E-state index is 0.0432. The zero-order valence-electron chi connectivity index (χ0n) is 18.7. The molecule has 1 saturated heterocycles. The van der Waals surface area contributed by atoms with Crippen molar-refractivity contribution in [3.8, 4) is 0 Å². The van der Waals surface area contributed by atoms with E-state index in [2.05, 4.69) is 0 Å². The van der Waals surface area contributed by atoms with Crippen molar-refractivity contribution >= 4 is 23.2 Å². The lowest BCUT2D eigenvalue weighted by Gasteiger charge is -2.40. The van der Waals surface area contributed by atoms with Crippen LogP contribution in [0.4, 0.5) is 13.2 Å². The predicted octanol–water partition coefficient (Wildman–Crippen LogP) is 5.40. The molecule has 4 nitrogen and oxygen atoms in total. The van der Waals surface area contributed by atoms with Crippen LogP contribution in [0, 0.1) is 23.4 Å². The fourth-order valence-corrected chi connectivity index (χ4v) is 5.25. The zero-order valence-corrected chi connectivity index (χ0v) is 19.5. The van der Waals surface area contributed by atoms with Crippen LogP contribution >= 0.6 is 11.3 Å². The van der Waals surface area contributed by atoms with Crippen molar-refractivity contribution in [2.45, 2.75) is 25.3 Å². The summed E-state index contributed by atoms with van der Waals surface area (Å²) in [5.41, 5.74) is 0.642. The summed E-state index contributed by atoms with van der Waals surface area (Å²) in [7, 11) is 1.81. The Balaban J connectivity index is 1.49. The lowest BCUT2D eigenvalue weighted by Crippen LogP contribution is -2.48. The maximum atomic E-state index is 14.1. The minimum atomic E-state index is -1.32. The predicted molar refractivity (Wildman–Crippen MR) is 125 cm³/mol. The maximum Gasteiger partial charge on any atom is 0.263 e. The van der Waals surface area contributed by atoms with Crippen LogP contribution in [0.25, 0.3) is 0 Å². The topological polar surface area (TPSA) is 40.6 Å². The Morgan fingerprint density at radius 2 is 1.68 bits per heavy atom. The molecule has 34 heavy (non-hydrogen) atoms. The first-order chi connectivity index (χ1) is 16.3. The molecule has 0 N–H and O–H groups in total. The number of carbonyl (C=O) groups excluding carboxylic acids is 2. The van der Waals surface area contributed by atoms with Gasteiger partial charge in [-0.3, -0.25) is 9.59 Å². The number of likely N-dealkylation sites (N-methyl/N-ethyl adjacent to an activating group) is 1. The highest BCUT2D eigenvalue weighted by molar-refractivity contribution is 7.12. The average Bonchev–Trinajstić information content (AvgIpc) is 3.39. The molecule has 0 radical (unpaired) electrons. The fourth-order valence-electron chi connectivity index (χ4n) is 4.54. The summed E-state index contributed by atoms with van der Waals surface area (Å²) in [6, 6.07) is 14.5. The molecule has 2 amide bonds. The van der Waals surface area contributed by atoms with Gasteiger partial charge in [0.1, 0.15) is 5.82 Å². The van der Waals surface area contributed by atoms with Crippen molar-refractivity contribution < 1.29 is 22.8 Å². The molecule has 8 heteroatoms. The summed E-state index contributed by atoms with van der Waals surface area (Å²) in [5.74, 6) is -4.23. The van der Waals surface area contributed by atoms with Crippen molar-refractivity contribution in [2.24, 2.45) is 5.92 Å². The van der Waals surface area contributed by atoms with E-state index in [0.717, 1.165) is 5.56 Å². The van der Waals surface area contributed by atoms with Gasteiger partial charge in [0.15, 0.2) is 11.6 Å². The van der Waals surface area contributed by atoms with E-state index in [4.69, 9.17) is 0 Å². The van der Waals surface area contributed by atoms with E-state index < -0.39 is 28.9 Å². The maximum absolute atomic E-state index is 14.1. The number of rotatable bonds is 6. The van der Waals surface area contributed by atoms with E-state index in [0.29, 0.717) is 49.4 Å². The second-order valence-electron chi connectivity index (χ2n) is 8.53. The van der Waals surface area contributed by atoms with E-state index >= 15 is 0 Å². The highest BCUT2D eigenvalue weighted by Gasteiger charge is 2.34. The number of halogens is 3. The first-order valence-corrected chi connectivity index (χ1v) is 12.0. The van der Waals surface area contributed by atoms with Gasteiger partial charge < -0.3 is 9.80 Å². The molecule has 0 spiro atoms. The van der Waals surface area contributed by atoms with E-state index in [9.17, 15) is 22.8 Å². The molecule has 0 saturated carbocycles. The van der Waals surface area contributed by atoms with E-state index in [1.54, 1.807) is 11.0 Å². The first kappa shape index (κ1) is 24.0. The van der Waals surface area contributed by atoms with Gasteiger partial charge in [0.25, 0.3) is 11.8 Å². The Bertz CT molecular complexity index is 1150. The molecular formula is C26H25F3N2O2S. The number of nitrogens with zero attached hydrogens (tertiary/aromatic N) is 2. The number of thiophene rings is 1. The molecule has 1 unspecified atom stereocenters. The molecule has 1 aliphatic heterocycles. The van der Waals surface area contributed by atoms with Crippen LogP contribution in [0.1, 0.15) is 38.4 Å². The Hall–Kier alpha value is -3.13. The zero-order chi connectivity index (χ0) is 24.2. The SMILES string of the molecule is CN(C(=O)c1cccs1)C(Cc1ccccc1)C1CCN(C(=O)c2cc(F)c(F)cc2F)CC1. The molecule has 1 atom stereocenters. The molecule has 1 aromatic heterocycles. The van der Waals surface area contributed by atoms with Gasteiger partial charge >= 0.3 is 0 Å². The Kier molecular flexibility index (Phi) is 7.36. The van der Waals surface area contributed by atoms with Gasteiger partial charge in [0, 0.05) is 32.2 Å². The van der Waals surface area contributed by atoms with Crippen molar-refractivity contribution in [1.82, 2.24) is 9.80 Å². The number of carbonyl (C=O) groups is 2. The summed E-state index contributed by atoms with van der Waals surface area (Å²) in [5, 5.41) is 1.87. The van der Waals surface area contributed by atoms with Gasteiger partial charge in [0.05, 0.1) is 10.4 Å². The Morgan fingerprint density at radius 3 is 2.32 bits per heavy atom. The Labute approximate surface area is 200 Å². The smallest absolute Gasteiger partial charge is 0.263 e. The van der Waals surface area contributed by atoms with Crippen molar-refractivity contribution in [1.29, 1.82) is 0 Å². The van der Waals surface area contributed by atoms with Gasteiger partial charge in [-0.1, -0.05) is 36.4 Å². The van der Waals surface area contributed by atoms with Crippen LogP contribution in [-0.4, -0.2) is 47.8 Å². The van der Waals surface area contributed by atoms with Crippen LogP contribution in [0.2, 0.25) is 0 Å². The molecule has 2 heterocycles. The van der Waals surface area contributed by atoms with E-state index in [-0.39, 0.29) is 17.9 Å². The van der Waals surface area contributed by atoms with Crippen LogP contribution in [0.15, 0.2) is 60.0 Å². The van der Waals surface area contributed by atoms with Gasteiger partial charge in [-0.25, -0.2) is 13.2 Å². The highest BCUT2D eigenvalue weighted by Crippen LogP contribution is 2.29. The molecule has 1 fully saturated rings. The quantitative estimate of drug-likeness (QED) is 0.438. The molecule has 2 aromatic carbocycles. The molecular weight excluding hydrogens is 461 g/mol. The minimum Gasteiger partial charge on any atom is -0.339 e. The second-order valence-corrected chi connectivity index (χ2v) is 9.47.